The maximum atomic E-state index is 14.8. The third kappa shape index (κ3) is 2.45. The molecule has 28 heavy (non-hydrogen) atoms. The van der Waals surface area contributed by atoms with Crippen LogP contribution in [-0.2, 0) is 18.2 Å². The number of hydrogen-bond donors (Lipinski definition) is 1. The van der Waals surface area contributed by atoms with Crippen molar-refractivity contribution >= 4 is 11.8 Å². The first-order chi connectivity index (χ1) is 13.5. The number of tetrazole rings is 1. The molecule has 0 spiro atoms. The number of aromatic nitrogens is 5. The first kappa shape index (κ1) is 16.8. The zero-order valence-electron chi connectivity index (χ0n) is 14.8. The van der Waals surface area contributed by atoms with E-state index in [4.69, 9.17) is 4.74 Å². The molecule has 3 aromatic rings. The summed E-state index contributed by atoms with van der Waals surface area (Å²) in [5, 5.41) is 21.2. The lowest BCUT2D eigenvalue weighted by Crippen LogP contribution is -2.34. The number of halogens is 1. The van der Waals surface area contributed by atoms with Crippen LogP contribution in [0.5, 0.6) is 0 Å². The van der Waals surface area contributed by atoms with Gasteiger partial charge in [-0.05, 0) is 35.4 Å². The molecule has 2 aliphatic rings. The quantitative estimate of drug-likeness (QED) is 0.728. The Bertz CT molecular complexity index is 1080. The number of carbonyl (C=O) groups is 1. The minimum Gasteiger partial charge on any atom is -0.441 e. The van der Waals surface area contributed by atoms with Crippen LogP contribution in [0.1, 0.15) is 5.56 Å². The number of anilines is 1. The molecule has 1 aromatic carbocycles. The van der Waals surface area contributed by atoms with Gasteiger partial charge in [-0.2, -0.15) is 4.80 Å². The van der Waals surface area contributed by atoms with E-state index in [1.54, 1.807) is 31.4 Å². The van der Waals surface area contributed by atoms with Gasteiger partial charge >= 0.3 is 6.09 Å². The summed E-state index contributed by atoms with van der Waals surface area (Å²) in [5.41, 5.74) is 2.84. The number of benzene rings is 1. The summed E-state index contributed by atoms with van der Waals surface area (Å²) >= 11 is 0. The number of nitrogens with zero attached hydrogens (tertiary/aromatic N) is 6. The van der Waals surface area contributed by atoms with E-state index in [0.29, 0.717) is 34.8 Å². The van der Waals surface area contributed by atoms with E-state index < -0.39 is 18.0 Å². The summed E-state index contributed by atoms with van der Waals surface area (Å²) in [5.74, 6) is -0.0792. The third-order valence-electron chi connectivity index (χ3n) is 5.06. The first-order valence-electron chi connectivity index (χ1n) is 8.69. The Kier molecular flexibility index (Phi) is 3.63. The number of ether oxygens (including phenoxy) is 1. The molecule has 0 saturated carbocycles. The van der Waals surface area contributed by atoms with Crippen molar-refractivity contribution in [3.8, 4) is 22.6 Å². The van der Waals surface area contributed by atoms with Crippen molar-refractivity contribution < 1.29 is 19.0 Å². The minimum atomic E-state index is -0.605. The predicted octanol–water partition coefficient (Wildman–Crippen LogP) is 1.32. The smallest absolute Gasteiger partial charge is 0.415 e. The lowest BCUT2D eigenvalue weighted by Gasteiger charge is -2.15. The Labute approximate surface area is 158 Å². The minimum absolute atomic E-state index is 0.266. The zero-order valence-corrected chi connectivity index (χ0v) is 14.8. The van der Waals surface area contributed by atoms with E-state index in [0.717, 1.165) is 5.56 Å². The van der Waals surface area contributed by atoms with Gasteiger partial charge in [0.05, 0.1) is 25.4 Å². The average Bonchev–Trinajstić information content (AvgIpc) is 3.36. The number of carbonyl (C=O) groups excluding carboxylic acids is 1. The van der Waals surface area contributed by atoms with Crippen molar-refractivity contribution in [2.75, 3.05) is 11.5 Å². The molecule has 0 bridgehead atoms. The van der Waals surface area contributed by atoms with Crippen LogP contribution in [0.2, 0.25) is 0 Å². The summed E-state index contributed by atoms with van der Waals surface area (Å²) in [6.07, 6.45) is 0.885. The van der Waals surface area contributed by atoms with Crippen LogP contribution < -0.4 is 4.90 Å². The van der Waals surface area contributed by atoms with Gasteiger partial charge in [0, 0.05) is 17.3 Å². The maximum absolute atomic E-state index is 14.8. The number of rotatable bonds is 3. The standard InChI is InChI=1S/C18H15FN6O3/c1-24-22-17(21-23-24)13-3-2-9(7-20-13)11-4-10-5-15-16(8-26)28-18(27)25(15)14(10)6-12(11)19/h2-4,6-7,15-16,26H,5,8H2,1H3. The normalized spacial score (nSPS) is 20.2. The molecule has 1 N–H and O–H groups in total. The summed E-state index contributed by atoms with van der Waals surface area (Å²) in [6.45, 7) is -0.266. The van der Waals surface area contributed by atoms with Crippen LogP contribution in [0.3, 0.4) is 0 Å². The molecule has 142 valence electrons. The molecule has 1 saturated heterocycles. The maximum Gasteiger partial charge on any atom is 0.415 e. The van der Waals surface area contributed by atoms with E-state index >= 15 is 0 Å². The van der Waals surface area contributed by atoms with Crippen molar-refractivity contribution in [3.63, 3.8) is 0 Å². The number of hydrogen-bond acceptors (Lipinski definition) is 7. The second kappa shape index (κ2) is 6.06. The van der Waals surface area contributed by atoms with Gasteiger partial charge in [0.25, 0.3) is 0 Å². The third-order valence-corrected chi connectivity index (χ3v) is 5.06. The SMILES string of the molecule is Cn1nnc(-c2ccc(-c3cc4c(cc3F)N3C(=O)OC(CO)C3C4)cn2)n1. The summed E-state index contributed by atoms with van der Waals surface area (Å²) in [6, 6.07) is 6.19. The van der Waals surface area contributed by atoms with Crippen molar-refractivity contribution in [2.24, 2.45) is 7.05 Å². The fourth-order valence-electron chi connectivity index (χ4n) is 3.74. The average molecular weight is 382 g/mol. The molecule has 2 aromatic heterocycles. The van der Waals surface area contributed by atoms with E-state index in [9.17, 15) is 14.3 Å². The second-order valence-electron chi connectivity index (χ2n) is 6.74. The fourth-order valence-corrected chi connectivity index (χ4v) is 3.74. The molecular weight excluding hydrogens is 367 g/mol. The van der Waals surface area contributed by atoms with Crippen molar-refractivity contribution in [1.82, 2.24) is 25.2 Å². The van der Waals surface area contributed by atoms with Gasteiger partial charge < -0.3 is 9.84 Å². The highest BCUT2D eigenvalue weighted by Crippen LogP contribution is 2.41. The zero-order chi connectivity index (χ0) is 19.4. The number of aliphatic hydroxyl groups is 1. The summed E-state index contributed by atoms with van der Waals surface area (Å²) in [4.78, 5) is 19.1. The van der Waals surface area contributed by atoms with Crippen LogP contribution in [0.15, 0.2) is 30.5 Å². The topological polar surface area (TPSA) is 106 Å². The van der Waals surface area contributed by atoms with Gasteiger partial charge in [0.1, 0.15) is 17.6 Å². The van der Waals surface area contributed by atoms with E-state index in [2.05, 4.69) is 20.4 Å². The number of aryl methyl sites for hydroxylation is 1. The van der Waals surface area contributed by atoms with Crippen LogP contribution >= 0.6 is 0 Å². The van der Waals surface area contributed by atoms with Crippen molar-refractivity contribution in [2.45, 2.75) is 18.6 Å². The van der Waals surface area contributed by atoms with Gasteiger partial charge in [-0.15, -0.1) is 10.2 Å². The molecule has 2 atom stereocenters. The number of cyclic esters (lactones) is 1. The molecule has 0 radical (unpaired) electrons. The molecule has 0 aliphatic carbocycles. The molecule has 5 rings (SSSR count). The van der Waals surface area contributed by atoms with Crippen molar-refractivity contribution in [1.29, 1.82) is 0 Å². The largest absolute Gasteiger partial charge is 0.441 e. The Balaban J connectivity index is 1.50. The van der Waals surface area contributed by atoms with E-state index in [-0.39, 0.29) is 12.6 Å². The van der Waals surface area contributed by atoms with Crippen LogP contribution in [0.4, 0.5) is 14.9 Å². The summed E-state index contributed by atoms with van der Waals surface area (Å²) < 4.78 is 20.0. The molecule has 2 aliphatic heterocycles. The highest BCUT2D eigenvalue weighted by atomic mass is 19.1. The van der Waals surface area contributed by atoms with Crippen LogP contribution in [0, 0.1) is 5.82 Å². The predicted molar refractivity (Wildman–Crippen MR) is 94.7 cm³/mol. The lowest BCUT2D eigenvalue weighted by molar-refractivity contribution is 0.0830. The Morgan fingerprint density at radius 3 is 2.89 bits per heavy atom. The van der Waals surface area contributed by atoms with E-state index in [1.165, 1.54) is 15.8 Å². The lowest BCUT2D eigenvalue weighted by atomic mass is 10.00. The van der Waals surface area contributed by atoms with Gasteiger partial charge in [-0.25, -0.2) is 9.18 Å². The molecule has 4 heterocycles. The molecule has 1 amide bonds. The summed E-state index contributed by atoms with van der Waals surface area (Å²) in [7, 11) is 1.66. The van der Waals surface area contributed by atoms with Crippen LogP contribution in [0.25, 0.3) is 22.6 Å². The molecule has 2 unspecified atom stereocenters. The van der Waals surface area contributed by atoms with Gasteiger partial charge in [0.2, 0.25) is 5.82 Å². The van der Waals surface area contributed by atoms with E-state index in [1.807, 2.05) is 0 Å². The molecule has 9 nitrogen and oxygen atoms in total. The molecule has 1 fully saturated rings. The molecule has 10 heteroatoms. The Hall–Kier alpha value is -3.40. The Morgan fingerprint density at radius 2 is 2.21 bits per heavy atom. The Morgan fingerprint density at radius 1 is 1.36 bits per heavy atom. The number of pyridine rings is 1. The number of aliphatic hydroxyl groups excluding tert-OH is 1. The van der Waals surface area contributed by atoms with Gasteiger partial charge in [-0.3, -0.25) is 9.88 Å². The van der Waals surface area contributed by atoms with Gasteiger partial charge in [-0.1, -0.05) is 6.07 Å². The monoisotopic (exact) mass is 382 g/mol. The van der Waals surface area contributed by atoms with Crippen molar-refractivity contribution in [3.05, 3.63) is 41.8 Å². The highest BCUT2D eigenvalue weighted by Gasteiger charge is 2.47. The van der Waals surface area contributed by atoms with Gasteiger partial charge in [0.15, 0.2) is 0 Å². The second-order valence-corrected chi connectivity index (χ2v) is 6.74. The highest BCUT2D eigenvalue weighted by molar-refractivity contribution is 5.94. The van der Waals surface area contributed by atoms with Crippen LogP contribution in [-0.4, -0.2) is 55.1 Å². The number of fused-ring (bicyclic) bond motifs is 3. The number of amides is 1. The molecular formula is C18H15FN6O3. The fraction of sp³-hybridized carbons (Fsp3) is 0.278. The first-order valence-corrected chi connectivity index (χ1v) is 8.69.